The van der Waals surface area contributed by atoms with E-state index >= 15 is 0 Å². The molecule has 0 bridgehead atoms. The molecule has 0 aliphatic rings. The first-order chi connectivity index (χ1) is 7.97. The van der Waals surface area contributed by atoms with Crippen LogP contribution in [0.15, 0.2) is 48.5 Å². The Balaban J connectivity index is 2.33. The third-order valence-electron chi connectivity index (χ3n) is 2.93. The third-order valence-corrected chi connectivity index (χ3v) is 9.08. The summed E-state index contributed by atoms with van der Waals surface area (Å²) >= 11 is 3.99. The Morgan fingerprint density at radius 2 is 1.12 bits per heavy atom. The standard InChI is InChI=1S/C12H8Cl.3CH3.Sn/c13-12-8-6-11(7-9-12)10-4-2-1-3-5-10;;;;/h2-9H;3*1H3;. The van der Waals surface area contributed by atoms with Crippen LogP contribution in [0, 0.1) is 0 Å². The van der Waals surface area contributed by atoms with Crippen molar-refractivity contribution in [2.75, 3.05) is 0 Å². The van der Waals surface area contributed by atoms with Gasteiger partial charge in [-0.1, -0.05) is 0 Å². The van der Waals surface area contributed by atoms with Crippen molar-refractivity contribution in [3.63, 3.8) is 0 Å². The monoisotopic (exact) mass is 352 g/mol. The van der Waals surface area contributed by atoms with Crippen LogP contribution in [0.3, 0.4) is 0 Å². The topological polar surface area (TPSA) is 0 Å². The molecule has 88 valence electrons. The van der Waals surface area contributed by atoms with Crippen molar-refractivity contribution in [3.05, 3.63) is 53.6 Å². The summed E-state index contributed by atoms with van der Waals surface area (Å²) in [5, 5.41) is 0.788. The van der Waals surface area contributed by atoms with E-state index in [2.05, 4.69) is 51.2 Å². The summed E-state index contributed by atoms with van der Waals surface area (Å²) in [5.41, 5.74) is 2.49. The van der Waals surface area contributed by atoms with Gasteiger partial charge >= 0.3 is 113 Å². The molecule has 17 heavy (non-hydrogen) atoms. The minimum atomic E-state index is -1.90. The van der Waals surface area contributed by atoms with Gasteiger partial charge in [-0.2, -0.15) is 0 Å². The molecule has 0 unspecified atom stereocenters. The average molecular weight is 351 g/mol. The SMILES string of the molecule is [CH3][Sn]([CH3])([CH3])[c]1ccc(-c2ccc(Cl)cc2)cc1. The van der Waals surface area contributed by atoms with Crippen molar-refractivity contribution in [2.45, 2.75) is 14.8 Å². The van der Waals surface area contributed by atoms with Gasteiger partial charge in [0.15, 0.2) is 0 Å². The minimum absolute atomic E-state index is 0.788. The van der Waals surface area contributed by atoms with Crippen LogP contribution < -0.4 is 3.58 Å². The van der Waals surface area contributed by atoms with Crippen molar-refractivity contribution >= 4 is 33.6 Å². The molecule has 0 aliphatic heterocycles. The summed E-state index contributed by atoms with van der Waals surface area (Å²) in [6.45, 7) is 0. The molecular formula is C15H17ClSn. The predicted octanol–water partition coefficient (Wildman–Crippen LogP) is 4.55. The molecule has 0 aliphatic carbocycles. The molecule has 0 spiro atoms. The van der Waals surface area contributed by atoms with E-state index in [1.165, 1.54) is 11.1 Å². The van der Waals surface area contributed by atoms with Crippen LogP contribution in [0.1, 0.15) is 0 Å². The van der Waals surface area contributed by atoms with E-state index in [9.17, 15) is 0 Å². The molecule has 0 atom stereocenters. The molecule has 0 aromatic heterocycles. The predicted molar refractivity (Wildman–Crippen MR) is 79.9 cm³/mol. The van der Waals surface area contributed by atoms with E-state index in [1.54, 1.807) is 3.58 Å². The maximum absolute atomic E-state index is 5.89. The first-order valence-electron chi connectivity index (χ1n) is 5.83. The van der Waals surface area contributed by atoms with E-state index in [4.69, 9.17) is 11.6 Å². The normalized spacial score (nSPS) is 11.5. The second kappa shape index (κ2) is 5.03. The molecule has 0 nitrogen and oxygen atoms in total. The number of halogens is 1. The molecule has 0 amide bonds. The Bertz CT molecular complexity index is 492. The van der Waals surface area contributed by atoms with Gasteiger partial charge in [0.25, 0.3) is 0 Å². The van der Waals surface area contributed by atoms with Crippen LogP contribution >= 0.6 is 11.6 Å². The number of hydrogen-bond donors (Lipinski definition) is 0. The fraction of sp³-hybridized carbons (Fsp3) is 0.200. The van der Waals surface area contributed by atoms with Gasteiger partial charge in [0.1, 0.15) is 0 Å². The molecule has 0 N–H and O–H groups in total. The van der Waals surface area contributed by atoms with Crippen LogP contribution in [0.5, 0.6) is 0 Å². The Labute approximate surface area is 113 Å². The van der Waals surface area contributed by atoms with Gasteiger partial charge in [0.2, 0.25) is 0 Å². The molecule has 2 rings (SSSR count). The molecule has 0 radical (unpaired) electrons. The van der Waals surface area contributed by atoms with E-state index in [-0.39, 0.29) is 0 Å². The zero-order chi connectivity index (χ0) is 12.5. The van der Waals surface area contributed by atoms with Gasteiger partial charge in [-0.25, -0.2) is 0 Å². The van der Waals surface area contributed by atoms with Gasteiger partial charge in [0, 0.05) is 0 Å². The summed E-state index contributed by atoms with van der Waals surface area (Å²) in [6.07, 6.45) is 0. The maximum atomic E-state index is 5.89. The first kappa shape index (κ1) is 13.0. The Hall–Kier alpha value is -0.471. The van der Waals surface area contributed by atoms with Gasteiger partial charge in [0.05, 0.1) is 0 Å². The molecule has 2 heteroatoms. The van der Waals surface area contributed by atoms with Crippen LogP contribution in [-0.4, -0.2) is 18.4 Å². The molecule has 0 saturated carbocycles. The zero-order valence-corrected chi connectivity index (χ0v) is 14.1. The quantitative estimate of drug-likeness (QED) is 0.696. The van der Waals surface area contributed by atoms with E-state index in [1.807, 2.05) is 12.1 Å². The van der Waals surface area contributed by atoms with Crippen LogP contribution in [0.2, 0.25) is 19.8 Å². The molecule has 0 fully saturated rings. The molecule has 2 aromatic carbocycles. The summed E-state index contributed by atoms with van der Waals surface area (Å²) in [7, 11) is 0. The first-order valence-corrected chi connectivity index (χ1v) is 16.2. The Kier molecular flexibility index (Phi) is 3.84. The fourth-order valence-corrected chi connectivity index (χ4v) is 5.26. The second-order valence-corrected chi connectivity index (χ2v) is 20.3. The third kappa shape index (κ3) is 3.26. The molecule has 0 saturated heterocycles. The van der Waals surface area contributed by atoms with Crippen molar-refractivity contribution < 1.29 is 0 Å². The van der Waals surface area contributed by atoms with E-state index in [0.717, 1.165) is 5.02 Å². The number of benzene rings is 2. The van der Waals surface area contributed by atoms with Gasteiger partial charge < -0.3 is 0 Å². The van der Waals surface area contributed by atoms with E-state index < -0.39 is 18.4 Å². The average Bonchev–Trinajstić information content (AvgIpc) is 2.29. The van der Waals surface area contributed by atoms with Crippen molar-refractivity contribution in [1.29, 1.82) is 0 Å². The molecular weight excluding hydrogens is 334 g/mol. The van der Waals surface area contributed by atoms with Gasteiger partial charge in [-0.05, 0) is 0 Å². The Morgan fingerprint density at radius 1 is 0.706 bits per heavy atom. The van der Waals surface area contributed by atoms with Crippen LogP contribution in [0.25, 0.3) is 11.1 Å². The van der Waals surface area contributed by atoms with Gasteiger partial charge in [-0.15, -0.1) is 0 Å². The fourth-order valence-electron chi connectivity index (χ4n) is 1.81. The Morgan fingerprint density at radius 3 is 1.53 bits per heavy atom. The molecule has 2 aromatic rings. The second-order valence-electron chi connectivity index (χ2n) is 5.33. The summed E-state index contributed by atoms with van der Waals surface area (Å²) in [6, 6.07) is 17.0. The number of hydrogen-bond acceptors (Lipinski definition) is 0. The van der Waals surface area contributed by atoms with Crippen LogP contribution in [0.4, 0.5) is 0 Å². The van der Waals surface area contributed by atoms with Gasteiger partial charge in [-0.3, -0.25) is 0 Å². The van der Waals surface area contributed by atoms with Crippen LogP contribution in [-0.2, 0) is 0 Å². The molecule has 0 heterocycles. The summed E-state index contributed by atoms with van der Waals surface area (Å²) in [4.78, 5) is 7.31. The van der Waals surface area contributed by atoms with Crippen molar-refractivity contribution in [2.24, 2.45) is 0 Å². The van der Waals surface area contributed by atoms with E-state index in [0.29, 0.717) is 0 Å². The van der Waals surface area contributed by atoms with Crippen molar-refractivity contribution in [3.8, 4) is 11.1 Å². The summed E-state index contributed by atoms with van der Waals surface area (Å²) < 4.78 is 1.57. The summed E-state index contributed by atoms with van der Waals surface area (Å²) in [5.74, 6) is 0. The zero-order valence-electron chi connectivity index (χ0n) is 10.5. The number of rotatable bonds is 2. The van der Waals surface area contributed by atoms with Crippen molar-refractivity contribution in [1.82, 2.24) is 0 Å².